The predicted molar refractivity (Wildman–Crippen MR) is 106 cm³/mol. The van der Waals surface area contributed by atoms with Gasteiger partial charge in [0.2, 0.25) is 17.8 Å². The van der Waals surface area contributed by atoms with Crippen LogP contribution in [0.1, 0.15) is 11.1 Å². The molecular weight excluding hydrogens is 342 g/mol. The number of pyridine rings is 1. The minimum Gasteiger partial charge on any atom is -0.395 e. The van der Waals surface area contributed by atoms with Crippen molar-refractivity contribution in [2.24, 2.45) is 0 Å². The van der Waals surface area contributed by atoms with Crippen LogP contribution >= 0.6 is 0 Å². The van der Waals surface area contributed by atoms with E-state index in [1.54, 1.807) is 12.4 Å². The van der Waals surface area contributed by atoms with Gasteiger partial charge in [0, 0.05) is 32.0 Å². The van der Waals surface area contributed by atoms with Crippen molar-refractivity contribution in [3.63, 3.8) is 0 Å². The van der Waals surface area contributed by atoms with Gasteiger partial charge in [0.15, 0.2) is 0 Å². The zero-order valence-electron chi connectivity index (χ0n) is 15.0. The number of anilines is 3. The number of aliphatic hydroxyl groups excluding tert-OH is 1. The number of hydrogen-bond donors (Lipinski definition) is 4. The number of rotatable bonds is 10. The van der Waals surface area contributed by atoms with Gasteiger partial charge in [-0.25, -0.2) is 0 Å². The molecule has 140 valence electrons. The summed E-state index contributed by atoms with van der Waals surface area (Å²) in [6, 6.07) is 14.1. The average molecular weight is 365 g/mol. The number of nitrogens with zero attached hydrogens (tertiary/aromatic N) is 4. The minimum atomic E-state index is 0.00221. The van der Waals surface area contributed by atoms with Crippen molar-refractivity contribution < 1.29 is 5.11 Å². The van der Waals surface area contributed by atoms with Crippen molar-refractivity contribution in [1.29, 1.82) is 0 Å². The smallest absolute Gasteiger partial charge is 0.229 e. The lowest BCUT2D eigenvalue weighted by Crippen LogP contribution is -2.15. The van der Waals surface area contributed by atoms with Gasteiger partial charge in [0.1, 0.15) is 0 Å². The van der Waals surface area contributed by atoms with Gasteiger partial charge in [-0.2, -0.15) is 15.0 Å². The molecule has 27 heavy (non-hydrogen) atoms. The molecule has 8 nitrogen and oxygen atoms in total. The van der Waals surface area contributed by atoms with Gasteiger partial charge in [0.25, 0.3) is 0 Å². The van der Waals surface area contributed by atoms with Gasteiger partial charge in [-0.3, -0.25) is 4.98 Å². The molecule has 0 atom stereocenters. The molecule has 0 saturated heterocycles. The largest absolute Gasteiger partial charge is 0.395 e. The van der Waals surface area contributed by atoms with Crippen molar-refractivity contribution in [1.82, 2.24) is 19.9 Å². The Bertz CT molecular complexity index is 815. The molecule has 0 aliphatic carbocycles. The topological polar surface area (TPSA) is 108 Å². The highest BCUT2D eigenvalue weighted by Gasteiger charge is 2.06. The number of nitrogens with one attached hydrogen (secondary N) is 3. The predicted octanol–water partition coefficient (Wildman–Crippen LogP) is 1.94. The molecule has 3 aromatic rings. The normalized spacial score (nSPS) is 10.4. The Morgan fingerprint density at radius 2 is 1.33 bits per heavy atom. The Balaban J connectivity index is 1.64. The Labute approximate surface area is 158 Å². The van der Waals surface area contributed by atoms with E-state index in [0.29, 0.717) is 37.5 Å². The zero-order valence-corrected chi connectivity index (χ0v) is 15.0. The van der Waals surface area contributed by atoms with Crippen molar-refractivity contribution in [2.45, 2.75) is 13.0 Å². The first-order chi connectivity index (χ1) is 13.3. The van der Waals surface area contributed by atoms with E-state index in [-0.39, 0.29) is 6.61 Å². The number of aromatic nitrogens is 4. The van der Waals surface area contributed by atoms with E-state index in [1.807, 2.05) is 30.3 Å². The Morgan fingerprint density at radius 1 is 0.704 bits per heavy atom. The zero-order chi connectivity index (χ0) is 18.7. The number of aliphatic hydroxyl groups is 1. The van der Waals surface area contributed by atoms with Crippen LogP contribution in [0.15, 0.2) is 54.9 Å². The fourth-order valence-electron chi connectivity index (χ4n) is 2.43. The van der Waals surface area contributed by atoms with E-state index in [1.165, 1.54) is 5.56 Å². The quantitative estimate of drug-likeness (QED) is 0.432. The number of benzene rings is 1. The van der Waals surface area contributed by atoms with Crippen LogP contribution in [0.2, 0.25) is 0 Å². The van der Waals surface area contributed by atoms with Crippen LogP contribution in [0.5, 0.6) is 0 Å². The molecule has 2 heterocycles. The monoisotopic (exact) mass is 365 g/mol. The second-order valence-electron chi connectivity index (χ2n) is 5.83. The first-order valence-electron chi connectivity index (χ1n) is 8.85. The highest BCUT2D eigenvalue weighted by atomic mass is 16.3. The molecule has 8 heteroatoms. The summed E-state index contributed by atoms with van der Waals surface area (Å²) in [5, 5.41) is 18.4. The second kappa shape index (κ2) is 10.0. The van der Waals surface area contributed by atoms with E-state index in [4.69, 9.17) is 5.11 Å². The van der Waals surface area contributed by atoms with Gasteiger partial charge in [0.05, 0.1) is 6.61 Å². The van der Waals surface area contributed by atoms with E-state index >= 15 is 0 Å². The molecule has 0 saturated carbocycles. The summed E-state index contributed by atoms with van der Waals surface area (Å²) in [6.07, 6.45) is 4.36. The third kappa shape index (κ3) is 6.19. The summed E-state index contributed by atoms with van der Waals surface area (Å²) in [6.45, 7) is 1.66. The number of hydrogen-bond acceptors (Lipinski definition) is 8. The summed E-state index contributed by atoms with van der Waals surface area (Å²) in [5.41, 5.74) is 2.32. The Morgan fingerprint density at radius 3 is 2.00 bits per heavy atom. The minimum absolute atomic E-state index is 0.00221. The van der Waals surface area contributed by atoms with Gasteiger partial charge >= 0.3 is 0 Å². The van der Waals surface area contributed by atoms with Gasteiger partial charge in [-0.15, -0.1) is 0 Å². The Kier molecular flexibility index (Phi) is 6.88. The van der Waals surface area contributed by atoms with Gasteiger partial charge in [-0.05, 0) is 29.7 Å². The van der Waals surface area contributed by atoms with Gasteiger partial charge in [-0.1, -0.05) is 30.3 Å². The molecule has 0 spiro atoms. The maximum absolute atomic E-state index is 9.01. The van der Waals surface area contributed by atoms with E-state index in [0.717, 1.165) is 12.0 Å². The molecule has 0 amide bonds. The fourth-order valence-corrected chi connectivity index (χ4v) is 2.43. The SMILES string of the molecule is OCCNc1nc(NCCc2ccccc2)nc(NCc2ccncc2)n1. The van der Waals surface area contributed by atoms with Crippen LogP contribution in [0.25, 0.3) is 0 Å². The molecule has 0 unspecified atom stereocenters. The Hall–Kier alpha value is -3.26. The molecule has 1 aromatic carbocycles. The molecule has 0 aliphatic heterocycles. The molecule has 0 aliphatic rings. The first-order valence-corrected chi connectivity index (χ1v) is 8.85. The van der Waals surface area contributed by atoms with Crippen LogP contribution in [0, 0.1) is 0 Å². The van der Waals surface area contributed by atoms with Crippen LogP contribution in [0.3, 0.4) is 0 Å². The molecule has 0 bridgehead atoms. The van der Waals surface area contributed by atoms with E-state index in [9.17, 15) is 0 Å². The van der Waals surface area contributed by atoms with Crippen molar-refractivity contribution in [2.75, 3.05) is 35.6 Å². The van der Waals surface area contributed by atoms with Crippen molar-refractivity contribution in [3.05, 3.63) is 66.0 Å². The third-order valence-electron chi connectivity index (χ3n) is 3.77. The average Bonchev–Trinajstić information content (AvgIpc) is 2.72. The summed E-state index contributed by atoms with van der Waals surface area (Å²) in [7, 11) is 0. The summed E-state index contributed by atoms with van der Waals surface area (Å²) < 4.78 is 0. The lowest BCUT2D eigenvalue weighted by atomic mass is 10.1. The lowest BCUT2D eigenvalue weighted by Gasteiger charge is -2.11. The maximum Gasteiger partial charge on any atom is 0.229 e. The molecular formula is C19H23N7O. The second-order valence-corrected chi connectivity index (χ2v) is 5.83. The van der Waals surface area contributed by atoms with Crippen LogP contribution in [0.4, 0.5) is 17.8 Å². The summed E-state index contributed by atoms with van der Waals surface area (Å²) in [5.74, 6) is 1.36. The van der Waals surface area contributed by atoms with Crippen molar-refractivity contribution >= 4 is 17.8 Å². The molecule has 4 N–H and O–H groups in total. The lowest BCUT2D eigenvalue weighted by molar-refractivity contribution is 0.311. The maximum atomic E-state index is 9.01. The molecule has 0 radical (unpaired) electrons. The molecule has 0 fully saturated rings. The van der Waals surface area contributed by atoms with Crippen LogP contribution in [-0.4, -0.2) is 44.7 Å². The van der Waals surface area contributed by atoms with Crippen molar-refractivity contribution in [3.8, 4) is 0 Å². The standard InChI is InChI=1S/C19H23N7O/c27-13-12-22-18-24-17(21-11-8-15-4-2-1-3-5-15)25-19(26-18)23-14-16-6-9-20-10-7-16/h1-7,9-10,27H,8,11-14H2,(H3,21,22,23,24,25,26). The van der Waals surface area contributed by atoms with E-state index < -0.39 is 0 Å². The highest BCUT2D eigenvalue weighted by molar-refractivity contribution is 5.42. The summed E-state index contributed by atoms with van der Waals surface area (Å²) in [4.78, 5) is 17.1. The molecule has 3 rings (SSSR count). The fraction of sp³-hybridized carbons (Fsp3) is 0.263. The van der Waals surface area contributed by atoms with Gasteiger partial charge < -0.3 is 21.1 Å². The molecule has 2 aromatic heterocycles. The first kappa shape index (κ1) is 18.5. The third-order valence-corrected chi connectivity index (χ3v) is 3.77. The van der Waals surface area contributed by atoms with E-state index in [2.05, 4.69) is 48.0 Å². The van der Waals surface area contributed by atoms with Crippen LogP contribution in [-0.2, 0) is 13.0 Å². The highest BCUT2D eigenvalue weighted by Crippen LogP contribution is 2.11. The van der Waals surface area contributed by atoms with Crippen LogP contribution < -0.4 is 16.0 Å². The summed E-state index contributed by atoms with van der Waals surface area (Å²) >= 11 is 0.